The molecule has 0 unspecified atom stereocenters. The number of hydrogen-bond donors (Lipinski definition) is 0. The second-order valence-corrected chi connectivity index (χ2v) is 2.04. The van der Waals surface area contributed by atoms with Crippen LogP contribution in [-0.4, -0.2) is 29.0 Å². The molecule has 0 spiro atoms. The number of carbonyl (C=O) groups is 1. The number of para-hydroxylation sites is 1. The Balaban J connectivity index is 0. The molecule has 0 saturated carbocycles. The van der Waals surface area contributed by atoms with Gasteiger partial charge < -0.3 is 15.0 Å². The molecule has 1 aromatic rings. The first-order valence-corrected chi connectivity index (χ1v) is 3.58. The molecule has 13 heavy (non-hydrogen) atoms. The van der Waals surface area contributed by atoms with E-state index in [1.807, 2.05) is 6.07 Å². The van der Waals surface area contributed by atoms with Crippen LogP contribution < -0.4 is 10.2 Å². The Bertz CT molecular complexity index is 224. The van der Waals surface area contributed by atoms with E-state index in [9.17, 15) is 15.0 Å². The summed E-state index contributed by atoms with van der Waals surface area (Å²) in [7, 11) is 0. The third-order valence-corrected chi connectivity index (χ3v) is 1.03. The van der Waals surface area contributed by atoms with E-state index in [2.05, 4.69) is 0 Å². The maximum atomic E-state index is 10.3. The summed E-state index contributed by atoms with van der Waals surface area (Å²) in [4.78, 5) is 9.26. The molecule has 0 aliphatic heterocycles. The zero-order chi connectivity index (χ0) is 9.40. The van der Waals surface area contributed by atoms with Crippen LogP contribution in [0.25, 0.3) is 0 Å². The van der Waals surface area contributed by atoms with Crippen molar-refractivity contribution in [3.05, 3.63) is 30.3 Å². The number of hydrogen-bond acceptors (Lipinski definition) is 3. The van der Waals surface area contributed by atoms with Crippen LogP contribution in [0.2, 0.25) is 0 Å². The van der Waals surface area contributed by atoms with Crippen LogP contribution in [0.3, 0.4) is 0 Å². The summed E-state index contributed by atoms with van der Waals surface area (Å²) in [5, 5.41) is 19.5. The van der Waals surface area contributed by atoms with Crippen molar-refractivity contribution in [3.8, 4) is 5.75 Å². The van der Waals surface area contributed by atoms with E-state index < -0.39 is 5.97 Å². The fourth-order valence-corrected chi connectivity index (χ4v) is 0.420. The van der Waals surface area contributed by atoms with Gasteiger partial charge in [-0.25, -0.2) is 0 Å². The van der Waals surface area contributed by atoms with Crippen molar-refractivity contribution >= 4 is 29.0 Å². The van der Waals surface area contributed by atoms with Crippen molar-refractivity contribution in [3.63, 3.8) is 0 Å². The van der Waals surface area contributed by atoms with Gasteiger partial charge in [-0.2, -0.15) is 0 Å². The maximum Gasteiger partial charge on any atom is 2.00 e. The number of carboxylic acid groups (broad SMARTS) is 1. The Morgan fingerprint density at radius 1 is 1.31 bits per heavy atom. The molecule has 1 aromatic carbocycles. The predicted molar refractivity (Wildman–Crippen MR) is 46.9 cm³/mol. The second kappa shape index (κ2) is 9.35. The van der Waals surface area contributed by atoms with Crippen molar-refractivity contribution in [2.45, 2.75) is 13.3 Å². The van der Waals surface area contributed by atoms with Crippen LogP contribution in [0.4, 0.5) is 0 Å². The molecule has 0 radical (unpaired) electrons. The molecule has 0 atom stereocenters. The molecule has 0 aliphatic carbocycles. The van der Waals surface area contributed by atoms with Gasteiger partial charge in [0.25, 0.3) is 0 Å². The quantitative estimate of drug-likeness (QED) is 0.562. The summed E-state index contributed by atoms with van der Waals surface area (Å²) in [6.45, 7) is 1.54. The van der Waals surface area contributed by atoms with Crippen molar-refractivity contribution in [1.29, 1.82) is 0 Å². The van der Waals surface area contributed by atoms with E-state index in [-0.39, 0.29) is 35.2 Å². The molecule has 66 valence electrons. The van der Waals surface area contributed by atoms with Gasteiger partial charge in [0.15, 0.2) is 0 Å². The topological polar surface area (TPSA) is 63.2 Å². The molecule has 0 amide bonds. The first-order valence-electron chi connectivity index (χ1n) is 3.58. The van der Waals surface area contributed by atoms with Gasteiger partial charge in [0.2, 0.25) is 0 Å². The molecule has 0 fully saturated rings. The van der Waals surface area contributed by atoms with Gasteiger partial charge in [0, 0.05) is 5.97 Å². The molecule has 0 saturated heterocycles. The number of benzene rings is 1. The van der Waals surface area contributed by atoms with Crippen molar-refractivity contribution in [2.75, 3.05) is 0 Å². The molecular weight excluding hydrogens is 180 g/mol. The van der Waals surface area contributed by atoms with Crippen LogP contribution in [0.5, 0.6) is 5.75 Å². The molecule has 0 aliphatic rings. The molecule has 3 nitrogen and oxygen atoms in total. The molecule has 1 rings (SSSR count). The summed E-state index contributed by atoms with van der Waals surface area (Å²) >= 11 is 0. The standard InChI is InChI=1S/C6H6O.C3H6O2.Mg/c7-6-4-2-1-3-5-6;1-2-3(4)5;/h1-5,7H;2H2,1H3,(H,4,5);/q;;+2/p-2. The van der Waals surface area contributed by atoms with Gasteiger partial charge in [0.1, 0.15) is 0 Å². The monoisotopic (exact) mass is 190 g/mol. The van der Waals surface area contributed by atoms with E-state index in [1.54, 1.807) is 12.1 Å². The van der Waals surface area contributed by atoms with Crippen LogP contribution in [0.1, 0.15) is 13.3 Å². The van der Waals surface area contributed by atoms with Crippen LogP contribution in [-0.2, 0) is 4.79 Å². The van der Waals surface area contributed by atoms with Crippen LogP contribution in [0, 0.1) is 0 Å². The van der Waals surface area contributed by atoms with Crippen molar-refractivity contribution < 1.29 is 15.0 Å². The molecular formula is C9H10MgO3. The minimum Gasteiger partial charge on any atom is -0.872 e. The Hall–Kier alpha value is -0.744. The Morgan fingerprint density at radius 3 is 1.85 bits per heavy atom. The normalized spacial score (nSPS) is 7.46. The molecule has 0 bridgehead atoms. The minimum absolute atomic E-state index is 0. The van der Waals surface area contributed by atoms with Gasteiger partial charge in [-0.15, -0.1) is 5.75 Å². The van der Waals surface area contributed by atoms with E-state index in [1.165, 1.54) is 19.1 Å². The molecule has 0 heterocycles. The van der Waals surface area contributed by atoms with Gasteiger partial charge in [0.05, 0.1) is 0 Å². The number of rotatable bonds is 1. The number of carboxylic acids is 1. The van der Waals surface area contributed by atoms with E-state index in [0.29, 0.717) is 0 Å². The molecule has 4 heteroatoms. The largest absolute Gasteiger partial charge is 2.00 e. The average Bonchev–Trinajstić information content (AvgIpc) is 2.07. The zero-order valence-electron chi connectivity index (χ0n) is 7.53. The van der Waals surface area contributed by atoms with E-state index >= 15 is 0 Å². The summed E-state index contributed by atoms with van der Waals surface area (Å²) in [5.41, 5.74) is 0. The van der Waals surface area contributed by atoms with Crippen molar-refractivity contribution in [1.82, 2.24) is 0 Å². The van der Waals surface area contributed by atoms with Gasteiger partial charge in [-0.05, 0) is 6.42 Å². The Kier molecular flexibility index (Phi) is 10.6. The summed E-state index contributed by atoms with van der Waals surface area (Å²) in [6.07, 6.45) is 0.111. The van der Waals surface area contributed by atoms with Gasteiger partial charge in [-0.1, -0.05) is 37.3 Å². The first-order chi connectivity index (χ1) is 5.66. The smallest absolute Gasteiger partial charge is 0.872 e. The average molecular weight is 190 g/mol. The SMILES string of the molecule is CCC(=O)[O-].[Mg+2].[O-]c1ccccc1. The summed E-state index contributed by atoms with van der Waals surface area (Å²) in [6, 6.07) is 8.33. The third kappa shape index (κ3) is 11.3. The summed E-state index contributed by atoms with van der Waals surface area (Å²) in [5.74, 6) is -0.924. The van der Waals surface area contributed by atoms with Crippen LogP contribution >= 0.6 is 0 Å². The fourth-order valence-electron chi connectivity index (χ4n) is 0.420. The van der Waals surface area contributed by atoms with E-state index in [4.69, 9.17) is 0 Å². The van der Waals surface area contributed by atoms with Gasteiger partial charge >= 0.3 is 23.1 Å². The third-order valence-electron chi connectivity index (χ3n) is 1.03. The maximum absolute atomic E-state index is 10.3. The summed E-state index contributed by atoms with van der Waals surface area (Å²) < 4.78 is 0. The first kappa shape index (κ1) is 14.8. The number of carbonyl (C=O) groups excluding carboxylic acids is 1. The minimum atomic E-state index is -0.995. The van der Waals surface area contributed by atoms with Gasteiger partial charge in [-0.3, -0.25) is 0 Å². The number of aliphatic carboxylic acids is 1. The predicted octanol–water partition coefficient (Wildman–Crippen LogP) is -0.474. The van der Waals surface area contributed by atoms with E-state index in [0.717, 1.165) is 0 Å². The Labute approximate surface area is 93.6 Å². The molecule has 0 aromatic heterocycles. The Morgan fingerprint density at radius 2 is 1.69 bits per heavy atom. The molecule has 0 N–H and O–H groups in total. The van der Waals surface area contributed by atoms with Crippen molar-refractivity contribution in [2.24, 2.45) is 0 Å². The van der Waals surface area contributed by atoms with Crippen LogP contribution in [0.15, 0.2) is 30.3 Å². The fraction of sp³-hybridized carbons (Fsp3) is 0.222. The zero-order valence-corrected chi connectivity index (χ0v) is 8.94. The second-order valence-electron chi connectivity index (χ2n) is 2.04.